The first-order valence-electron chi connectivity index (χ1n) is 15.5. The summed E-state index contributed by atoms with van der Waals surface area (Å²) >= 11 is 0. The van der Waals surface area contributed by atoms with Crippen molar-refractivity contribution < 1.29 is 47.6 Å². The Morgan fingerprint density at radius 2 is 1.20 bits per heavy atom. The molecule has 1 aliphatic heterocycles. The summed E-state index contributed by atoms with van der Waals surface area (Å²) in [5.41, 5.74) is 0. The molecule has 2 saturated carbocycles. The highest BCUT2D eigenvalue weighted by Crippen LogP contribution is 2.42. The van der Waals surface area contributed by atoms with Crippen LogP contribution in [-0.2, 0) is 47.6 Å². The Kier molecular flexibility index (Phi) is 13.4. The summed E-state index contributed by atoms with van der Waals surface area (Å²) in [5.74, 6) is -0.147. The molecule has 10 nitrogen and oxygen atoms in total. The number of esters is 4. The molecule has 2 aliphatic carbocycles. The van der Waals surface area contributed by atoms with E-state index in [4.69, 9.17) is 28.4 Å². The van der Waals surface area contributed by atoms with E-state index < -0.39 is 54.6 Å². The topological polar surface area (TPSA) is 124 Å². The van der Waals surface area contributed by atoms with Crippen LogP contribution < -0.4 is 0 Å². The summed E-state index contributed by atoms with van der Waals surface area (Å²) in [6.45, 7) is 6.90. The molecule has 0 N–H and O–H groups in total. The normalized spacial score (nSPS) is 33.8. The van der Waals surface area contributed by atoms with Gasteiger partial charge in [0.1, 0.15) is 12.7 Å². The lowest BCUT2D eigenvalue weighted by atomic mass is 9.70. The number of carbonyl (C=O) groups excluding carboxylic acids is 4. The van der Waals surface area contributed by atoms with Crippen LogP contribution in [0.4, 0.5) is 0 Å². The molecule has 3 aliphatic rings. The van der Waals surface area contributed by atoms with Gasteiger partial charge in [0.25, 0.3) is 0 Å². The SMILES string of the molecule is CCCCCC1CCC(C2CCC(OC3O[C@H](COC(C)=O)[C@@H](OC(C)=O)[C@H](OC(C)=O)[C@H]3OC(C)=O)CC2)CC1. The largest absolute Gasteiger partial charge is 0.463 e. The van der Waals surface area contributed by atoms with Crippen LogP contribution in [-0.4, -0.2) is 67.3 Å². The van der Waals surface area contributed by atoms with Gasteiger partial charge >= 0.3 is 23.9 Å². The second-order valence-corrected chi connectivity index (χ2v) is 12.0. The predicted octanol–water partition coefficient (Wildman–Crippen LogP) is 5.03. The van der Waals surface area contributed by atoms with E-state index in [9.17, 15) is 19.2 Å². The Morgan fingerprint density at radius 3 is 1.73 bits per heavy atom. The van der Waals surface area contributed by atoms with Crippen molar-refractivity contribution in [3.63, 3.8) is 0 Å². The van der Waals surface area contributed by atoms with Gasteiger partial charge in [-0.3, -0.25) is 19.2 Å². The standard InChI is InChI=1S/C31H50O10/c1-6-7-8-9-23-10-12-24(13-11-23)25-14-16-26(17-15-25)40-31-30(39-22(5)35)29(38-21(4)34)28(37-20(3)33)27(41-31)18-36-19(2)32/h23-31H,6-18H2,1-5H3/t23?,24?,25?,26?,27-,28-,29+,30-,31?/m1/s1. The summed E-state index contributed by atoms with van der Waals surface area (Å²) in [5, 5.41) is 0. The van der Waals surface area contributed by atoms with Crippen molar-refractivity contribution in [3.05, 3.63) is 0 Å². The third kappa shape index (κ3) is 10.5. The molecule has 1 unspecified atom stereocenters. The molecule has 0 aromatic carbocycles. The van der Waals surface area contributed by atoms with Crippen LogP contribution in [0.25, 0.3) is 0 Å². The highest BCUT2D eigenvalue weighted by atomic mass is 16.7. The molecule has 3 rings (SSSR count). The van der Waals surface area contributed by atoms with Crippen LogP contribution in [0.2, 0.25) is 0 Å². The summed E-state index contributed by atoms with van der Waals surface area (Å²) in [6.07, 6.45) is 8.66. The number of carbonyl (C=O) groups is 4. The molecular formula is C31H50O10. The third-order valence-electron chi connectivity index (χ3n) is 8.77. The fourth-order valence-electron chi connectivity index (χ4n) is 6.82. The van der Waals surface area contributed by atoms with Crippen molar-refractivity contribution in [2.24, 2.45) is 17.8 Å². The Labute approximate surface area is 244 Å². The van der Waals surface area contributed by atoms with Crippen LogP contribution in [0.5, 0.6) is 0 Å². The highest BCUT2D eigenvalue weighted by molar-refractivity contribution is 5.68. The maximum Gasteiger partial charge on any atom is 0.303 e. The predicted molar refractivity (Wildman–Crippen MR) is 148 cm³/mol. The van der Waals surface area contributed by atoms with Crippen molar-refractivity contribution >= 4 is 23.9 Å². The van der Waals surface area contributed by atoms with E-state index in [1.807, 2.05) is 0 Å². The Morgan fingerprint density at radius 1 is 0.659 bits per heavy atom. The van der Waals surface area contributed by atoms with Crippen LogP contribution in [0.3, 0.4) is 0 Å². The van der Waals surface area contributed by atoms with Crippen molar-refractivity contribution in [1.29, 1.82) is 0 Å². The molecule has 0 aromatic heterocycles. The summed E-state index contributed by atoms with van der Waals surface area (Å²) in [4.78, 5) is 47.6. The zero-order chi connectivity index (χ0) is 29.9. The molecule has 1 saturated heterocycles. The summed E-state index contributed by atoms with van der Waals surface area (Å²) in [7, 11) is 0. The van der Waals surface area contributed by atoms with Crippen LogP contribution in [0.15, 0.2) is 0 Å². The zero-order valence-corrected chi connectivity index (χ0v) is 25.5. The van der Waals surface area contributed by atoms with Gasteiger partial charge in [-0.1, -0.05) is 45.4 Å². The maximum atomic E-state index is 12.1. The fraction of sp³-hybridized carbons (Fsp3) is 0.871. The van der Waals surface area contributed by atoms with Gasteiger partial charge in [0.2, 0.25) is 0 Å². The molecule has 10 heteroatoms. The minimum absolute atomic E-state index is 0.141. The van der Waals surface area contributed by atoms with Gasteiger partial charge in [-0.25, -0.2) is 0 Å². The monoisotopic (exact) mass is 582 g/mol. The van der Waals surface area contributed by atoms with Gasteiger partial charge < -0.3 is 28.4 Å². The molecule has 0 aromatic rings. The van der Waals surface area contributed by atoms with E-state index in [0.29, 0.717) is 5.92 Å². The highest BCUT2D eigenvalue weighted by Gasteiger charge is 2.53. The number of ether oxygens (including phenoxy) is 6. The Hall–Kier alpha value is -2.20. The van der Waals surface area contributed by atoms with Crippen molar-refractivity contribution in [1.82, 2.24) is 0 Å². The average molecular weight is 583 g/mol. The van der Waals surface area contributed by atoms with E-state index in [1.165, 1.54) is 79.1 Å². The third-order valence-corrected chi connectivity index (χ3v) is 8.77. The molecule has 5 atom stereocenters. The van der Waals surface area contributed by atoms with Crippen LogP contribution >= 0.6 is 0 Å². The minimum Gasteiger partial charge on any atom is -0.463 e. The Balaban J connectivity index is 1.65. The minimum atomic E-state index is -1.21. The van der Waals surface area contributed by atoms with Crippen molar-refractivity contribution in [2.45, 2.75) is 148 Å². The van der Waals surface area contributed by atoms with Gasteiger partial charge in [0.15, 0.2) is 24.6 Å². The van der Waals surface area contributed by atoms with Crippen molar-refractivity contribution in [3.8, 4) is 0 Å². The van der Waals surface area contributed by atoms with Crippen LogP contribution in [0.1, 0.15) is 112 Å². The molecule has 0 spiro atoms. The van der Waals surface area contributed by atoms with Gasteiger partial charge in [0, 0.05) is 27.7 Å². The molecule has 0 bridgehead atoms. The van der Waals surface area contributed by atoms with Gasteiger partial charge in [-0.15, -0.1) is 0 Å². The lowest BCUT2D eigenvalue weighted by Gasteiger charge is -2.45. The molecule has 234 valence electrons. The maximum absolute atomic E-state index is 12.1. The lowest BCUT2D eigenvalue weighted by molar-refractivity contribution is -0.318. The van der Waals surface area contributed by atoms with Gasteiger partial charge in [-0.05, 0) is 56.3 Å². The first-order chi connectivity index (χ1) is 19.6. The van der Waals surface area contributed by atoms with Crippen LogP contribution in [0, 0.1) is 17.8 Å². The van der Waals surface area contributed by atoms with E-state index in [-0.39, 0.29) is 12.7 Å². The van der Waals surface area contributed by atoms with E-state index in [1.54, 1.807) is 0 Å². The van der Waals surface area contributed by atoms with Gasteiger partial charge in [0.05, 0.1) is 6.10 Å². The summed E-state index contributed by atoms with van der Waals surface area (Å²) < 4.78 is 34.2. The first kappa shape index (κ1) is 33.3. The second-order valence-electron chi connectivity index (χ2n) is 12.0. The molecular weight excluding hydrogens is 532 g/mol. The quantitative estimate of drug-likeness (QED) is 0.176. The van der Waals surface area contributed by atoms with E-state index >= 15 is 0 Å². The van der Waals surface area contributed by atoms with E-state index in [0.717, 1.165) is 37.5 Å². The molecule has 41 heavy (non-hydrogen) atoms. The molecule has 0 radical (unpaired) electrons. The lowest BCUT2D eigenvalue weighted by Crippen LogP contribution is -2.63. The first-order valence-corrected chi connectivity index (χ1v) is 15.5. The van der Waals surface area contributed by atoms with E-state index in [2.05, 4.69) is 6.92 Å². The molecule has 0 amide bonds. The number of unbranched alkanes of at least 4 members (excludes halogenated alkanes) is 2. The number of hydrogen-bond acceptors (Lipinski definition) is 10. The van der Waals surface area contributed by atoms with Crippen molar-refractivity contribution in [2.75, 3.05) is 6.61 Å². The fourth-order valence-corrected chi connectivity index (χ4v) is 6.82. The molecule has 3 fully saturated rings. The zero-order valence-electron chi connectivity index (χ0n) is 25.5. The summed E-state index contributed by atoms with van der Waals surface area (Å²) in [6, 6.07) is 0. The van der Waals surface area contributed by atoms with Gasteiger partial charge in [-0.2, -0.15) is 0 Å². The Bertz CT molecular complexity index is 859. The second kappa shape index (κ2) is 16.4. The molecule has 1 heterocycles. The smallest absolute Gasteiger partial charge is 0.303 e. The number of hydrogen-bond donors (Lipinski definition) is 0. The number of rotatable bonds is 12. The average Bonchev–Trinajstić information content (AvgIpc) is 2.91.